The SMILES string of the molecule is CC(C)CCOc1ccc2nc(COc3ccc4ccccc4c3)n(CC(C)C)c2c1.CC(C)CCOc1ccc2nc(COc3cccc(C(C)(F)F)c3)n(CC(C)C)c2c1.CC(C)Cn1c(CCc2ccccc2)nc2ccccc21.CCN(CC)CCOc1ccc2nc(Cc3cccc(OC)c3)n(CC(C)C)c2c1. The number of benzene rings is 9. The second-order valence-corrected chi connectivity index (χ2v) is 32.0. The van der Waals surface area contributed by atoms with Gasteiger partial charge < -0.3 is 51.6 Å². The molecule has 113 heavy (non-hydrogen) atoms. The molecule has 0 spiro atoms. The summed E-state index contributed by atoms with van der Waals surface area (Å²) in [4.78, 5) is 21.8. The minimum absolute atomic E-state index is 0.0659. The van der Waals surface area contributed by atoms with Crippen molar-refractivity contribution in [2.24, 2.45) is 35.5 Å². The molecule has 0 aliphatic carbocycles. The molecule has 0 bridgehead atoms. The van der Waals surface area contributed by atoms with Crippen molar-refractivity contribution in [3.63, 3.8) is 0 Å². The number of nitrogens with zero attached hydrogens (tertiary/aromatic N) is 9. The molecule has 17 heteroatoms. The first-order valence-corrected chi connectivity index (χ1v) is 40.8. The van der Waals surface area contributed by atoms with Crippen LogP contribution in [0, 0.1) is 35.5 Å². The molecule has 0 saturated carbocycles. The van der Waals surface area contributed by atoms with Gasteiger partial charge in [-0.2, -0.15) is 0 Å². The molecule has 0 aliphatic heterocycles. The van der Waals surface area contributed by atoms with Crippen molar-refractivity contribution < 1.29 is 37.2 Å². The Morgan fingerprint density at radius 1 is 0.363 bits per heavy atom. The zero-order valence-electron chi connectivity index (χ0n) is 69.8. The third kappa shape index (κ3) is 25.1. The smallest absolute Gasteiger partial charge is 0.270 e. The number of hydrogen-bond acceptors (Lipinski definition) is 11. The molecule has 0 atom stereocenters. The molecular weight excluding hydrogens is 1410 g/mol. The predicted molar refractivity (Wildman–Crippen MR) is 460 cm³/mol. The minimum Gasteiger partial charge on any atom is -0.497 e. The average Bonchev–Trinajstić information content (AvgIpc) is 1.68. The predicted octanol–water partition coefficient (Wildman–Crippen LogP) is 23.1. The van der Waals surface area contributed by atoms with E-state index in [2.05, 4.69) is 247 Å². The first-order valence-electron chi connectivity index (χ1n) is 40.8. The van der Waals surface area contributed by atoms with E-state index in [9.17, 15) is 8.78 Å². The summed E-state index contributed by atoms with van der Waals surface area (Å²) in [5.74, 6) is 9.13. The molecule has 13 rings (SSSR count). The van der Waals surface area contributed by atoms with Crippen LogP contribution < -0.4 is 28.4 Å². The summed E-state index contributed by atoms with van der Waals surface area (Å²) in [6, 6.07) is 66.3. The molecule has 0 N–H and O–H groups in total. The van der Waals surface area contributed by atoms with E-state index in [1.165, 1.54) is 45.4 Å². The van der Waals surface area contributed by atoms with E-state index in [1.54, 1.807) is 19.2 Å². The number of hydrogen-bond donors (Lipinski definition) is 0. The fourth-order valence-corrected chi connectivity index (χ4v) is 13.6. The van der Waals surface area contributed by atoms with Crippen LogP contribution in [0.4, 0.5) is 8.78 Å². The number of halogens is 2. The van der Waals surface area contributed by atoms with Crippen LogP contribution >= 0.6 is 0 Å². The fourth-order valence-electron chi connectivity index (χ4n) is 13.6. The molecule has 15 nitrogen and oxygen atoms in total. The number of imidazole rings is 4. The highest BCUT2D eigenvalue weighted by Crippen LogP contribution is 2.33. The first-order chi connectivity index (χ1) is 54.4. The van der Waals surface area contributed by atoms with Gasteiger partial charge in [-0.25, -0.2) is 28.7 Å². The summed E-state index contributed by atoms with van der Waals surface area (Å²) in [7, 11) is 1.70. The van der Waals surface area contributed by atoms with Gasteiger partial charge in [-0.15, -0.1) is 0 Å². The van der Waals surface area contributed by atoms with E-state index in [0.717, 1.165) is 176 Å². The number of aromatic nitrogens is 8. The lowest BCUT2D eigenvalue weighted by Gasteiger charge is -2.18. The maximum Gasteiger partial charge on any atom is 0.270 e. The average molecular weight is 1540 g/mol. The van der Waals surface area contributed by atoms with Crippen molar-refractivity contribution in [3.8, 4) is 34.5 Å². The van der Waals surface area contributed by atoms with E-state index in [-0.39, 0.29) is 12.2 Å². The van der Waals surface area contributed by atoms with Gasteiger partial charge in [0.25, 0.3) is 5.92 Å². The molecule has 0 saturated heterocycles. The number of aryl methyl sites for hydroxylation is 2. The summed E-state index contributed by atoms with van der Waals surface area (Å²) in [5, 5.41) is 2.39. The van der Waals surface area contributed by atoms with Crippen molar-refractivity contribution in [2.75, 3.05) is 46.6 Å². The lowest BCUT2D eigenvalue weighted by Crippen LogP contribution is -2.27. The number of fused-ring (bicyclic) bond motifs is 5. The van der Waals surface area contributed by atoms with Crippen LogP contribution in [-0.2, 0) is 64.6 Å². The van der Waals surface area contributed by atoms with E-state index < -0.39 is 5.92 Å². The van der Waals surface area contributed by atoms with E-state index in [1.807, 2.05) is 48.5 Å². The van der Waals surface area contributed by atoms with E-state index in [0.29, 0.717) is 61.1 Å². The molecule has 9 aromatic carbocycles. The van der Waals surface area contributed by atoms with Gasteiger partial charge in [-0.1, -0.05) is 194 Å². The third-order valence-electron chi connectivity index (χ3n) is 19.6. The van der Waals surface area contributed by atoms with Crippen molar-refractivity contribution >= 4 is 54.9 Å². The Bertz CT molecular complexity index is 5080. The second-order valence-electron chi connectivity index (χ2n) is 32.0. The van der Waals surface area contributed by atoms with Crippen LogP contribution in [-0.4, -0.2) is 89.7 Å². The number of para-hydroxylation sites is 2. The first kappa shape index (κ1) is 85.2. The number of likely N-dealkylation sites (N-methyl/N-ethyl adjacent to an activating group) is 1. The summed E-state index contributed by atoms with van der Waals surface area (Å²) >= 11 is 0. The van der Waals surface area contributed by atoms with Crippen LogP contribution in [0.25, 0.3) is 54.9 Å². The largest absolute Gasteiger partial charge is 0.497 e. The monoisotopic (exact) mass is 1530 g/mol. The Kier molecular flexibility index (Phi) is 31.3. The molecule has 0 aliphatic rings. The van der Waals surface area contributed by atoms with Crippen LogP contribution in [0.5, 0.6) is 34.5 Å². The van der Waals surface area contributed by atoms with Crippen molar-refractivity contribution in [2.45, 2.75) is 181 Å². The van der Waals surface area contributed by atoms with Crippen LogP contribution in [0.15, 0.2) is 200 Å². The normalized spacial score (nSPS) is 11.7. The highest BCUT2D eigenvalue weighted by molar-refractivity contribution is 5.84. The molecule has 600 valence electrons. The number of methoxy groups -OCH3 is 1. The minimum atomic E-state index is -2.91. The van der Waals surface area contributed by atoms with Gasteiger partial charge in [0.15, 0.2) is 0 Å². The van der Waals surface area contributed by atoms with Crippen molar-refractivity contribution in [1.82, 2.24) is 43.1 Å². The number of ether oxygens (including phenoxy) is 6. The lowest BCUT2D eigenvalue weighted by atomic mass is 10.1. The zero-order chi connectivity index (χ0) is 80.6. The Balaban J connectivity index is 0.000000161. The van der Waals surface area contributed by atoms with Gasteiger partial charge in [0, 0.05) is 76.3 Å². The van der Waals surface area contributed by atoms with Crippen LogP contribution in [0.3, 0.4) is 0 Å². The van der Waals surface area contributed by atoms with E-state index in [4.69, 9.17) is 48.4 Å². The molecule has 0 amide bonds. The Hall–Kier alpha value is -10.3. The van der Waals surface area contributed by atoms with Gasteiger partial charge in [-0.05, 0) is 175 Å². The summed E-state index contributed by atoms with van der Waals surface area (Å²) in [6.45, 7) is 41.2. The fraction of sp³-hybridized carbons (Fsp3) is 0.417. The second kappa shape index (κ2) is 41.5. The number of rotatable bonds is 35. The molecule has 13 aromatic rings. The highest BCUT2D eigenvalue weighted by atomic mass is 19.3. The zero-order valence-corrected chi connectivity index (χ0v) is 69.8. The van der Waals surface area contributed by atoms with Gasteiger partial charge in [0.2, 0.25) is 0 Å². The maximum atomic E-state index is 13.6. The van der Waals surface area contributed by atoms with E-state index >= 15 is 0 Å². The van der Waals surface area contributed by atoms with Gasteiger partial charge in [0.05, 0.1) is 64.5 Å². The molecular formula is C96H121F2N9O6. The summed E-state index contributed by atoms with van der Waals surface area (Å²) < 4.78 is 71.8. The van der Waals surface area contributed by atoms with Crippen molar-refractivity contribution in [1.29, 1.82) is 0 Å². The topological polar surface area (TPSA) is 130 Å². The summed E-state index contributed by atoms with van der Waals surface area (Å²) in [6.07, 6.45) is 4.86. The quantitative estimate of drug-likeness (QED) is 0.0376. The number of alkyl halides is 2. The Morgan fingerprint density at radius 3 is 1.31 bits per heavy atom. The standard InChI is InChI=1S/C27H32N2O2.C25H32F2N2O2.C25H35N3O2.C19H22N2/c1-19(2)13-14-30-24-11-12-25-26(16-24)29(17-20(3)4)27(28-25)18-31-23-10-9-21-7-5-6-8-22(21)15-23;1-17(2)11-12-30-21-9-10-22-23(14-21)29(15-18(3)4)24(28-22)16-31-20-8-6-7-19(13-20)25(5,26)27;1-6-27(7-2)13-14-30-22-11-12-23-24(17-22)28(18-19(3)4)25(26-23)16-20-9-8-10-21(15-20)29-5;1-15(2)14-21-18-11-7-6-10-17(18)20-19(21)13-12-16-8-4-3-5-9-16/h5-12,15-16,19-20H,13-14,17-18H2,1-4H3;6-10,13-14,17-18H,11-12,15-16H2,1-5H3;8-12,15,17,19H,6-7,13-14,16,18H2,1-5H3;3-11,15H,12-14H2,1-2H3. The highest BCUT2D eigenvalue weighted by Gasteiger charge is 2.25. The third-order valence-corrected chi connectivity index (χ3v) is 19.6. The lowest BCUT2D eigenvalue weighted by molar-refractivity contribution is 0.0172. The van der Waals surface area contributed by atoms with Gasteiger partial charge in [0.1, 0.15) is 77.6 Å². The molecule has 4 aromatic heterocycles. The molecule has 0 fully saturated rings. The van der Waals surface area contributed by atoms with Crippen LogP contribution in [0.2, 0.25) is 0 Å². The molecule has 4 heterocycles. The molecule has 0 unspecified atom stereocenters. The van der Waals surface area contributed by atoms with Crippen molar-refractivity contribution in [3.05, 3.63) is 240 Å². The maximum absolute atomic E-state index is 13.6. The van der Waals surface area contributed by atoms with Crippen LogP contribution in [0.1, 0.15) is 157 Å². The van der Waals surface area contributed by atoms with Gasteiger partial charge in [-0.3, -0.25) is 0 Å². The molecule has 0 radical (unpaired) electrons. The Morgan fingerprint density at radius 2 is 0.788 bits per heavy atom. The van der Waals surface area contributed by atoms with Gasteiger partial charge >= 0.3 is 0 Å². The summed E-state index contributed by atoms with van der Waals surface area (Å²) in [5.41, 5.74) is 11.0. The Labute approximate surface area is 669 Å².